The number of amides is 1. The molecule has 5 rings (SSSR count). The Balaban J connectivity index is 1.20. The van der Waals surface area contributed by atoms with Gasteiger partial charge in [-0.05, 0) is 42.7 Å². The van der Waals surface area contributed by atoms with E-state index in [2.05, 4.69) is 31.8 Å². The number of ether oxygens (including phenoxy) is 2. The van der Waals surface area contributed by atoms with Crippen LogP contribution >= 0.6 is 0 Å². The number of likely N-dealkylation sites (tertiary alicyclic amines) is 1. The molecule has 1 unspecified atom stereocenters. The van der Waals surface area contributed by atoms with Crippen LogP contribution in [0.3, 0.4) is 0 Å². The Morgan fingerprint density at radius 1 is 1.00 bits per heavy atom. The van der Waals surface area contributed by atoms with Crippen LogP contribution in [0.5, 0.6) is 11.5 Å². The lowest BCUT2D eigenvalue weighted by molar-refractivity contribution is -0.133. The number of fused-ring (bicyclic) bond motifs is 1. The fourth-order valence-corrected chi connectivity index (χ4v) is 4.64. The summed E-state index contributed by atoms with van der Waals surface area (Å²) in [5.41, 5.74) is 1.14. The van der Waals surface area contributed by atoms with Gasteiger partial charge in [-0.15, -0.1) is 0 Å². The van der Waals surface area contributed by atoms with Crippen molar-refractivity contribution in [2.24, 2.45) is 0 Å². The number of carbonyl (C=O) groups is 1. The van der Waals surface area contributed by atoms with Gasteiger partial charge in [-0.3, -0.25) is 9.69 Å². The van der Waals surface area contributed by atoms with Crippen LogP contribution in [-0.4, -0.2) is 73.2 Å². The van der Waals surface area contributed by atoms with Gasteiger partial charge >= 0.3 is 0 Å². The third kappa shape index (κ3) is 3.94. The number of anilines is 1. The molecule has 7 heteroatoms. The first kappa shape index (κ1) is 19.2. The highest BCUT2D eigenvalue weighted by atomic mass is 16.6. The van der Waals surface area contributed by atoms with E-state index >= 15 is 0 Å². The second-order valence-electron chi connectivity index (χ2n) is 8.10. The molecule has 0 bridgehead atoms. The number of pyridine rings is 1. The van der Waals surface area contributed by atoms with Crippen molar-refractivity contribution in [2.45, 2.75) is 18.9 Å². The molecule has 0 saturated carbocycles. The molecular formula is C23H28N4O3. The van der Waals surface area contributed by atoms with E-state index in [0.717, 1.165) is 68.4 Å². The minimum atomic E-state index is 0.128. The van der Waals surface area contributed by atoms with Gasteiger partial charge in [0.05, 0.1) is 12.6 Å². The van der Waals surface area contributed by atoms with Crippen molar-refractivity contribution in [1.29, 1.82) is 0 Å². The van der Waals surface area contributed by atoms with Crippen LogP contribution in [0.4, 0.5) is 5.82 Å². The van der Waals surface area contributed by atoms with Crippen molar-refractivity contribution in [3.63, 3.8) is 0 Å². The zero-order chi connectivity index (χ0) is 20.3. The van der Waals surface area contributed by atoms with E-state index in [1.165, 1.54) is 0 Å². The lowest BCUT2D eigenvalue weighted by Crippen LogP contribution is -2.50. The van der Waals surface area contributed by atoms with Crippen molar-refractivity contribution in [2.75, 3.05) is 57.4 Å². The number of rotatable bonds is 4. The van der Waals surface area contributed by atoms with E-state index in [4.69, 9.17) is 9.47 Å². The van der Waals surface area contributed by atoms with Crippen LogP contribution in [0.15, 0.2) is 42.6 Å². The van der Waals surface area contributed by atoms with Gasteiger partial charge < -0.3 is 19.3 Å². The van der Waals surface area contributed by atoms with E-state index in [-0.39, 0.29) is 11.9 Å². The Morgan fingerprint density at radius 3 is 2.63 bits per heavy atom. The predicted octanol–water partition coefficient (Wildman–Crippen LogP) is 2.34. The third-order valence-corrected chi connectivity index (χ3v) is 6.23. The van der Waals surface area contributed by atoms with Crippen molar-refractivity contribution >= 4 is 11.7 Å². The number of aromatic nitrogens is 1. The van der Waals surface area contributed by atoms with Crippen LogP contribution in [0.1, 0.15) is 24.4 Å². The maximum atomic E-state index is 13.1. The Labute approximate surface area is 177 Å². The molecule has 0 radical (unpaired) electrons. The van der Waals surface area contributed by atoms with Gasteiger partial charge in [0.15, 0.2) is 11.5 Å². The van der Waals surface area contributed by atoms with E-state index in [9.17, 15) is 4.79 Å². The molecule has 2 fully saturated rings. The SMILES string of the molecule is O=C(CN1CCN(c2ccccn2)CC1)N1CCCC1c1ccc2c(c1)OCCO2. The Bertz CT molecular complexity index is 883. The van der Waals surface area contributed by atoms with Crippen molar-refractivity contribution in [1.82, 2.24) is 14.8 Å². The first-order valence-electron chi connectivity index (χ1n) is 10.9. The van der Waals surface area contributed by atoms with E-state index < -0.39 is 0 Å². The number of carbonyl (C=O) groups excluding carboxylic acids is 1. The highest BCUT2D eigenvalue weighted by molar-refractivity contribution is 5.79. The fourth-order valence-electron chi connectivity index (χ4n) is 4.64. The monoisotopic (exact) mass is 408 g/mol. The smallest absolute Gasteiger partial charge is 0.237 e. The van der Waals surface area contributed by atoms with Crippen LogP contribution in [-0.2, 0) is 4.79 Å². The van der Waals surface area contributed by atoms with Crippen LogP contribution in [0, 0.1) is 0 Å². The van der Waals surface area contributed by atoms with E-state index in [1.54, 1.807) is 0 Å². The summed E-state index contributed by atoms with van der Waals surface area (Å²) in [6.45, 7) is 6.03. The van der Waals surface area contributed by atoms with Crippen LogP contribution < -0.4 is 14.4 Å². The topological polar surface area (TPSA) is 58.1 Å². The number of benzene rings is 1. The van der Waals surface area contributed by atoms with Gasteiger partial charge in [0, 0.05) is 38.9 Å². The van der Waals surface area contributed by atoms with Crippen molar-refractivity contribution in [3.05, 3.63) is 48.2 Å². The maximum Gasteiger partial charge on any atom is 0.237 e. The maximum absolute atomic E-state index is 13.1. The summed E-state index contributed by atoms with van der Waals surface area (Å²) < 4.78 is 11.4. The highest BCUT2D eigenvalue weighted by Gasteiger charge is 2.32. The summed E-state index contributed by atoms with van der Waals surface area (Å²) in [4.78, 5) is 24.2. The summed E-state index contributed by atoms with van der Waals surface area (Å²) in [5.74, 6) is 2.83. The predicted molar refractivity (Wildman–Crippen MR) is 114 cm³/mol. The molecule has 1 atom stereocenters. The average Bonchev–Trinajstić information content (AvgIpc) is 3.30. The number of nitrogens with zero attached hydrogens (tertiary/aromatic N) is 4. The van der Waals surface area contributed by atoms with Crippen molar-refractivity contribution in [3.8, 4) is 11.5 Å². The molecule has 3 aliphatic rings. The third-order valence-electron chi connectivity index (χ3n) is 6.23. The van der Waals surface area contributed by atoms with E-state index in [0.29, 0.717) is 19.8 Å². The fraction of sp³-hybridized carbons (Fsp3) is 0.478. The lowest BCUT2D eigenvalue weighted by Gasteiger charge is -2.36. The second-order valence-corrected chi connectivity index (χ2v) is 8.10. The number of hydrogen-bond donors (Lipinski definition) is 0. The molecular weight excluding hydrogens is 380 g/mol. The molecule has 3 aliphatic heterocycles. The number of piperazine rings is 1. The van der Waals surface area contributed by atoms with Gasteiger partial charge in [0.25, 0.3) is 0 Å². The molecule has 158 valence electrons. The van der Waals surface area contributed by atoms with Gasteiger partial charge in [-0.1, -0.05) is 12.1 Å². The molecule has 2 aromatic rings. The summed E-state index contributed by atoms with van der Waals surface area (Å²) in [6, 6.07) is 12.2. The zero-order valence-corrected chi connectivity index (χ0v) is 17.2. The summed E-state index contributed by atoms with van der Waals surface area (Å²) in [6.07, 6.45) is 3.87. The Morgan fingerprint density at radius 2 is 1.83 bits per heavy atom. The molecule has 1 aromatic heterocycles. The van der Waals surface area contributed by atoms with Gasteiger partial charge in [-0.25, -0.2) is 4.98 Å². The molecule has 2 saturated heterocycles. The largest absolute Gasteiger partial charge is 0.486 e. The lowest BCUT2D eigenvalue weighted by atomic mass is 10.0. The summed E-state index contributed by atoms with van der Waals surface area (Å²) in [7, 11) is 0. The first-order valence-corrected chi connectivity index (χ1v) is 10.9. The minimum Gasteiger partial charge on any atom is -0.486 e. The highest BCUT2D eigenvalue weighted by Crippen LogP contribution is 2.38. The minimum absolute atomic E-state index is 0.128. The molecule has 0 spiro atoms. The van der Waals surface area contributed by atoms with Gasteiger partial charge in [0.2, 0.25) is 5.91 Å². The molecule has 1 amide bonds. The molecule has 30 heavy (non-hydrogen) atoms. The Hall–Kier alpha value is -2.80. The number of hydrogen-bond acceptors (Lipinski definition) is 6. The second kappa shape index (κ2) is 8.52. The standard InChI is InChI=1S/C23H28N4O3/c28-23(17-25-10-12-26(13-11-25)22-5-1-2-8-24-22)27-9-3-4-19(27)18-6-7-20-21(16-18)30-15-14-29-20/h1-2,5-8,16,19H,3-4,9-15,17H2. The van der Waals surface area contributed by atoms with Crippen LogP contribution in [0.2, 0.25) is 0 Å². The first-order chi connectivity index (χ1) is 14.8. The molecule has 4 heterocycles. The molecule has 0 aliphatic carbocycles. The van der Waals surface area contributed by atoms with Gasteiger partial charge in [-0.2, -0.15) is 0 Å². The van der Waals surface area contributed by atoms with E-state index in [1.807, 2.05) is 30.5 Å². The molecule has 1 aromatic carbocycles. The molecule has 7 nitrogen and oxygen atoms in total. The van der Waals surface area contributed by atoms with Crippen LogP contribution in [0.25, 0.3) is 0 Å². The summed E-state index contributed by atoms with van der Waals surface area (Å²) >= 11 is 0. The quantitative estimate of drug-likeness (QED) is 0.774. The van der Waals surface area contributed by atoms with Gasteiger partial charge in [0.1, 0.15) is 19.0 Å². The average molecular weight is 409 g/mol. The summed E-state index contributed by atoms with van der Waals surface area (Å²) in [5, 5.41) is 0. The zero-order valence-electron chi connectivity index (χ0n) is 17.2. The molecule has 0 N–H and O–H groups in total. The normalized spacial score (nSPS) is 21.7. The Kier molecular flexibility index (Phi) is 5.45. The van der Waals surface area contributed by atoms with Crippen molar-refractivity contribution < 1.29 is 14.3 Å².